The van der Waals surface area contributed by atoms with Crippen LogP contribution in [0, 0.1) is 0 Å². The number of ketones is 2. The van der Waals surface area contributed by atoms with Crippen molar-refractivity contribution in [2.75, 3.05) is 12.8 Å². The maximum Gasteiger partial charge on any atom is 0.339 e. The van der Waals surface area contributed by atoms with E-state index in [1.807, 2.05) is 0 Å². The van der Waals surface area contributed by atoms with Crippen molar-refractivity contribution in [2.24, 2.45) is 0 Å². The molecule has 0 aliphatic carbocycles. The van der Waals surface area contributed by atoms with Crippen LogP contribution in [0.3, 0.4) is 0 Å². The molecular formula is C12H12BrNO4. The van der Waals surface area contributed by atoms with E-state index in [9.17, 15) is 14.4 Å². The van der Waals surface area contributed by atoms with E-state index in [1.54, 1.807) is 0 Å². The van der Waals surface area contributed by atoms with Crippen molar-refractivity contribution in [3.05, 3.63) is 27.2 Å². The molecule has 0 saturated carbocycles. The van der Waals surface area contributed by atoms with E-state index in [4.69, 9.17) is 5.73 Å². The summed E-state index contributed by atoms with van der Waals surface area (Å²) in [5, 5.41) is 0. The van der Waals surface area contributed by atoms with Gasteiger partial charge >= 0.3 is 5.97 Å². The predicted molar refractivity (Wildman–Crippen MR) is 69.9 cm³/mol. The van der Waals surface area contributed by atoms with Gasteiger partial charge in [0.15, 0.2) is 11.6 Å². The molecule has 0 bridgehead atoms. The molecule has 0 amide bonds. The first-order chi connectivity index (χ1) is 8.31. The molecule has 1 aromatic carbocycles. The third-order valence-electron chi connectivity index (χ3n) is 2.40. The first-order valence-electron chi connectivity index (χ1n) is 5.03. The largest absolute Gasteiger partial charge is 0.465 e. The molecule has 0 aromatic heterocycles. The molecule has 6 heteroatoms. The summed E-state index contributed by atoms with van der Waals surface area (Å²) in [5.74, 6) is -1.33. The topological polar surface area (TPSA) is 86.5 Å². The molecule has 0 atom stereocenters. The quantitative estimate of drug-likeness (QED) is 0.525. The Hall–Kier alpha value is -1.69. The fourth-order valence-corrected chi connectivity index (χ4v) is 2.40. The Bertz CT molecular complexity index is 551. The van der Waals surface area contributed by atoms with Crippen molar-refractivity contribution in [1.82, 2.24) is 0 Å². The zero-order chi connectivity index (χ0) is 14.0. The Morgan fingerprint density at radius 2 is 1.67 bits per heavy atom. The third kappa shape index (κ3) is 2.43. The number of ether oxygens (including phenoxy) is 1. The fraction of sp³-hybridized carbons (Fsp3) is 0.250. The van der Waals surface area contributed by atoms with Gasteiger partial charge in [-0.15, -0.1) is 0 Å². The molecule has 1 aromatic rings. The summed E-state index contributed by atoms with van der Waals surface area (Å²) in [6.07, 6.45) is 0. The molecule has 5 nitrogen and oxygen atoms in total. The number of nitrogens with two attached hydrogens (primary N) is 1. The van der Waals surface area contributed by atoms with Crippen LogP contribution in [0.1, 0.15) is 44.9 Å². The molecule has 0 saturated heterocycles. The highest BCUT2D eigenvalue weighted by molar-refractivity contribution is 9.10. The van der Waals surface area contributed by atoms with Gasteiger partial charge < -0.3 is 10.5 Å². The van der Waals surface area contributed by atoms with Crippen LogP contribution < -0.4 is 5.73 Å². The Kier molecular flexibility index (Phi) is 4.24. The number of esters is 1. The first kappa shape index (κ1) is 14.4. The van der Waals surface area contributed by atoms with Gasteiger partial charge in [-0.1, -0.05) is 0 Å². The minimum absolute atomic E-state index is 0.0799. The highest BCUT2D eigenvalue weighted by Gasteiger charge is 2.24. The van der Waals surface area contributed by atoms with Crippen LogP contribution >= 0.6 is 15.9 Å². The average Bonchev–Trinajstić information content (AvgIpc) is 2.29. The monoisotopic (exact) mass is 313 g/mol. The minimum Gasteiger partial charge on any atom is -0.465 e. The molecule has 0 radical (unpaired) electrons. The lowest BCUT2D eigenvalue weighted by atomic mass is 9.96. The maximum atomic E-state index is 11.6. The molecule has 1 rings (SSSR count). The zero-order valence-electron chi connectivity index (χ0n) is 10.2. The second-order valence-corrected chi connectivity index (χ2v) is 4.47. The maximum absolute atomic E-state index is 11.6. The predicted octanol–water partition coefficient (Wildman–Crippen LogP) is 2.22. The van der Waals surface area contributed by atoms with Crippen molar-refractivity contribution in [3.8, 4) is 0 Å². The van der Waals surface area contributed by atoms with Crippen LogP contribution in [0.4, 0.5) is 5.69 Å². The van der Waals surface area contributed by atoms with Crippen molar-refractivity contribution >= 4 is 39.2 Å². The summed E-state index contributed by atoms with van der Waals surface area (Å²) >= 11 is 3.15. The van der Waals surface area contributed by atoms with Gasteiger partial charge in [-0.05, 0) is 35.8 Å². The van der Waals surface area contributed by atoms with E-state index >= 15 is 0 Å². The molecule has 96 valence electrons. The highest BCUT2D eigenvalue weighted by Crippen LogP contribution is 2.31. The number of rotatable bonds is 3. The number of carbonyl (C=O) groups excluding carboxylic acids is 3. The molecule has 18 heavy (non-hydrogen) atoms. The van der Waals surface area contributed by atoms with Gasteiger partial charge in [0.25, 0.3) is 0 Å². The molecule has 0 unspecified atom stereocenters. The van der Waals surface area contributed by atoms with E-state index in [2.05, 4.69) is 20.7 Å². The average molecular weight is 314 g/mol. The summed E-state index contributed by atoms with van der Waals surface area (Å²) in [6.45, 7) is 2.61. The standard InChI is InChI=1S/C12H12BrNO4/c1-5(15)9-8(14)4-7(12(17)18-3)11(13)10(9)6(2)16/h4H,14H2,1-3H3. The summed E-state index contributed by atoms with van der Waals surface area (Å²) in [6, 6.07) is 1.32. The Morgan fingerprint density at radius 3 is 2.06 bits per heavy atom. The van der Waals surface area contributed by atoms with Crippen LogP contribution in [0.25, 0.3) is 0 Å². The van der Waals surface area contributed by atoms with Gasteiger partial charge in [-0.25, -0.2) is 4.79 Å². The van der Waals surface area contributed by atoms with Gasteiger partial charge in [0.1, 0.15) is 0 Å². The summed E-state index contributed by atoms with van der Waals surface area (Å²) < 4.78 is 4.81. The van der Waals surface area contributed by atoms with Crippen LogP contribution in [-0.2, 0) is 4.74 Å². The lowest BCUT2D eigenvalue weighted by molar-refractivity contribution is 0.0599. The van der Waals surface area contributed by atoms with Gasteiger partial charge in [-0.3, -0.25) is 9.59 Å². The number of Topliss-reactive ketones (excluding diaryl/α,β-unsaturated/α-hetero) is 2. The van der Waals surface area contributed by atoms with Gasteiger partial charge in [-0.2, -0.15) is 0 Å². The number of methoxy groups -OCH3 is 1. The second kappa shape index (κ2) is 5.30. The molecule has 0 fully saturated rings. The normalized spacial score (nSPS) is 10.0. The van der Waals surface area contributed by atoms with Crippen molar-refractivity contribution in [3.63, 3.8) is 0 Å². The van der Waals surface area contributed by atoms with Crippen LogP contribution in [0.5, 0.6) is 0 Å². The van der Waals surface area contributed by atoms with E-state index < -0.39 is 5.97 Å². The van der Waals surface area contributed by atoms with Crippen LogP contribution in [-0.4, -0.2) is 24.6 Å². The number of anilines is 1. The number of benzene rings is 1. The summed E-state index contributed by atoms with van der Waals surface area (Å²) in [4.78, 5) is 34.7. The molecule has 0 heterocycles. The molecule has 0 aliphatic rings. The minimum atomic E-state index is -0.633. The van der Waals surface area contributed by atoms with Crippen molar-refractivity contribution in [2.45, 2.75) is 13.8 Å². The zero-order valence-corrected chi connectivity index (χ0v) is 11.8. The van der Waals surface area contributed by atoms with Crippen LogP contribution in [0.15, 0.2) is 10.5 Å². The van der Waals surface area contributed by atoms with Gasteiger partial charge in [0, 0.05) is 15.7 Å². The molecule has 2 N–H and O–H groups in total. The molecule has 0 spiro atoms. The van der Waals surface area contributed by atoms with Gasteiger partial charge in [0.05, 0.1) is 18.2 Å². The second-order valence-electron chi connectivity index (χ2n) is 3.68. The first-order valence-corrected chi connectivity index (χ1v) is 5.82. The van der Waals surface area contributed by atoms with E-state index in [1.165, 1.54) is 27.0 Å². The SMILES string of the molecule is COC(=O)c1cc(N)c(C(C)=O)c(C(C)=O)c1Br. The number of hydrogen-bond donors (Lipinski definition) is 1. The third-order valence-corrected chi connectivity index (χ3v) is 3.23. The summed E-state index contributed by atoms with van der Waals surface area (Å²) in [5.41, 5.74) is 6.13. The number of carbonyl (C=O) groups is 3. The van der Waals surface area contributed by atoms with Crippen LogP contribution in [0.2, 0.25) is 0 Å². The van der Waals surface area contributed by atoms with Gasteiger partial charge in [0.2, 0.25) is 0 Å². The van der Waals surface area contributed by atoms with E-state index in [0.29, 0.717) is 0 Å². The van der Waals surface area contributed by atoms with E-state index in [-0.39, 0.29) is 38.4 Å². The highest BCUT2D eigenvalue weighted by atomic mass is 79.9. The number of nitrogen functional groups attached to an aromatic ring is 1. The lowest BCUT2D eigenvalue weighted by Gasteiger charge is -2.13. The lowest BCUT2D eigenvalue weighted by Crippen LogP contribution is -2.14. The van der Waals surface area contributed by atoms with E-state index in [0.717, 1.165) is 0 Å². The number of hydrogen-bond acceptors (Lipinski definition) is 5. The molecular weight excluding hydrogens is 302 g/mol. The number of halogens is 1. The fourth-order valence-electron chi connectivity index (χ4n) is 1.65. The Labute approximate surface area is 112 Å². The van der Waals surface area contributed by atoms with Crippen molar-refractivity contribution in [1.29, 1.82) is 0 Å². The summed E-state index contributed by atoms with van der Waals surface area (Å²) in [7, 11) is 1.22. The Morgan fingerprint density at radius 1 is 1.17 bits per heavy atom. The smallest absolute Gasteiger partial charge is 0.339 e. The Balaban J connectivity index is 3.72. The molecule has 0 aliphatic heterocycles. The van der Waals surface area contributed by atoms with Crippen molar-refractivity contribution < 1.29 is 19.1 Å².